The van der Waals surface area contributed by atoms with Crippen molar-refractivity contribution in [3.05, 3.63) is 96.9 Å². The molecule has 0 amide bonds. The minimum absolute atomic E-state index is 0.170. The maximum atomic E-state index is 6.68. The van der Waals surface area contributed by atoms with Crippen molar-refractivity contribution in [1.29, 1.82) is 0 Å². The Kier molecular flexibility index (Phi) is 11.8. The van der Waals surface area contributed by atoms with Crippen molar-refractivity contribution < 1.29 is 13.6 Å². The summed E-state index contributed by atoms with van der Waals surface area (Å²) < 4.78 is 18.2. The van der Waals surface area contributed by atoms with Crippen LogP contribution in [0.3, 0.4) is 0 Å². The van der Waals surface area contributed by atoms with Gasteiger partial charge in [-0.05, 0) is 75.6 Å². The Labute approximate surface area is 200 Å². The molecule has 0 aliphatic rings. The number of allylic oxidation sites excluding steroid dienone is 4. The van der Waals surface area contributed by atoms with E-state index in [1.807, 2.05) is 36.4 Å². The second kappa shape index (κ2) is 14.6. The molecule has 0 aromatic carbocycles. The largest absolute Gasteiger partial charge is 0.467 e. The highest BCUT2D eigenvalue weighted by Crippen LogP contribution is 2.35. The minimum atomic E-state index is -0.170. The van der Waals surface area contributed by atoms with Gasteiger partial charge < -0.3 is 13.6 Å². The first-order valence-corrected chi connectivity index (χ1v) is 12.2. The van der Waals surface area contributed by atoms with Crippen LogP contribution in [0.25, 0.3) is 0 Å². The molecule has 4 atom stereocenters. The van der Waals surface area contributed by atoms with Crippen LogP contribution in [-0.2, 0) is 4.74 Å². The van der Waals surface area contributed by atoms with E-state index >= 15 is 0 Å². The van der Waals surface area contributed by atoms with Gasteiger partial charge in [0, 0.05) is 12.8 Å². The van der Waals surface area contributed by atoms with Crippen molar-refractivity contribution >= 4 is 0 Å². The molecule has 4 unspecified atom stereocenters. The predicted molar refractivity (Wildman–Crippen MR) is 138 cm³/mol. The Morgan fingerprint density at radius 1 is 0.818 bits per heavy atom. The highest BCUT2D eigenvalue weighted by molar-refractivity contribution is 5.12. The molecule has 0 aliphatic carbocycles. The molecule has 0 aliphatic heterocycles. The molecule has 0 bridgehead atoms. The molecule has 0 spiro atoms. The second-order valence-corrected chi connectivity index (χ2v) is 9.23. The Morgan fingerprint density at radius 2 is 1.24 bits per heavy atom. The van der Waals surface area contributed by atoms with E-state index in [4.69, 9.17) is 13.6 Å². The summed E-state index contributed by atoms with van der Waals surface area (Å²) in [5.41, 5.74) is 2.60. The first-order valence-electron chi connectivity index (χ1n) is 12.2. The molecule has 33 heavy (non-hydrogen) atoms. The molecule has 3 heteroatoms. The van der Waals surface area contributed by atoms with Crippen LogP contribution >= 0.6 is 0 Å². The van der Waals surface area contributed by atoms with Crippen molar-refractivity contribution in [3.63, 3.8) is 0 Å². The zero-order chi connectivity index (χ0) is 24.1. The molecular formula is C30H42O3. The topological polar surface area (TPSA) is 35.5 Å². The lowest BCUT2D eigenvalue weighted by Crippen LogP contribution is -2.11. The third kappa shape index (κ3) is 9.88. The van der Waals surface area contributed by atoms with Crippen molar-refractivity contribution in [2.75, 3.05) is 0 Å². The third-order valence-corrected chi connectivity index (χ3v) is 6.10. The normalized spacial score (nSPS) is 16.2. The lowest BCUT2D eigenvalue weighted by Gasteiger charge is -2.23. The van der Waals surface area contributed by atoms with E-state index in [2.05, 4.69) is 53.0 Å². The third-order valence-electron chi connectivity index (χ3n) is 6.10. The van der Waals surface area contributed by atoms with Gasteiger partial charge in [-0.25, -0.2) is 0 Å². The summed E-state index contributed by atoms with van der Waals surface area (Å²) in [6, 6.07) is 7.83. The van der Waals surface area contributed by atoms with Crippen LogP contribution < -0.4 is 0 Å². The Hall–Kier alpha value is -2.52. The quantitative estimate of drug-likeness (QED) is 0.239. The van der Waals surface area contributed by atoms with Crippen LogP contribution in [0.5, 0.6) is 0 Å². The minimum Gasteiger partial charge on any atom is -0.467 e. The Balaban J connectivity index is 2.12. The van der Waals surface area contributed by atoms with Crippen LogP contribution in [0, 0.1) is 11.8 Å². The van der Waals surface area contributed by atoms with Gasteiger partial charge in [0.05, 0.1) is 12.5 Å². The molecule has 2 aromatic rings. The van der Waals surface area contributed by atoms with Gasteiger partial charge in [-0.1, -0.05) is 49.3 Å². The smallest absolute Gasteiger partial charge is 0.132 e. The fraction of sp³-hybridized carbons (Fsp3) is 0.467. The monoisotopic (exact) mass is 450 g/mol. The van der Waals surface area contributed by atoms with Crippen molar-refractivity contribution in [3.8, 4) is 0 Å². The fourth-order valence-corrected chi connectivity index (χ4v) is 3.75. The van der Waals surface area contributed by atoms with E-state index in [1.165, 1.54) is 11.1 Å². The molecule has 0 saturated heterocycles. The molecule has 0 radical (unpaired) electrons. The summed E-state index contributed by atoms with van der Waals surface area (Å²) in [7, 11) is 0. The molecule has 2 heterocycles. The zero-order valence-corrected chi connectivity index (χ0v) is 21.0. The molecule has 2 aromatic heterocycles. The van der Waals surface area contributed by atoms with Gasteiger partial charge in [0.25, 0.3) is 0 Å². The number of rotatable bonds is 16. The van der Waals surface area contributed by atoms with Gasteiger partial charge >= 0.3 is 0 Å². The lowest BCUT2D eigenvalue weighted by atomic mass is 10.0. The van der Waals surface area contributed by atoms with Gasteiger partial charge in [0.2, 0.25) is 0 Å². The molecule has 180 valence electrons. The maximum Gasteiger partial charge on any atom is 0.132 e. The van der Waals surface area contributed by atoms with Crippen molar-refractivity contribution in [1.82, 2.24) is 0 Å². The number of hydrogen-bond acceptors (Lipinski definition) is 3. The summed E-state index contributed by atoms with van der Waals surface area (Å²) in [5.74, 6) is 2.75. The number of furan rings is 2. The van der Waals surface area contributed by atoms with Gasteiger partial charge in [-0.3, -0.25) is 0 Å². The van der Waals surface area contributed by atoms with Crippen LogP contribution in [-0.4, -0.2) is 0 Å². The first kappa shape index (κ1) is 26.7. The Morgan fingerprint density at radius 3 is 1.58 bits per heavy atom. The van der Waals surface area contributed by atoms with Crippen LogP contribution in [0.15, 0.2) is 94.2 Å². The number of ether oxygens (including phenoxy) is 1. The SMILES string of the molecule is C=CC(C)CCC=C(C)CC(OC(CC(C)=CCCC(C)C=C)c1ccco1)c1ccco1. The highest BCUT2D eigenvalue weighted by Gasteiger charge is 2.24. The standard InChI is InChI=1S/C30H42O3/c1-7-23(3)13-9-15-25(5)21-29(27-17-11-19-31-27)33-30(28-18-12-20-32-28)22-26(6)16-10-14-24(4)8-2/h7-8,11-12,15-20,23-24,29-30H,1-2,9-10,13-14,21-22H2,3-6H3. The fourth-order valence-electron chi connectivity index (χ4n) is 3.75. The van der Waals surface area contributed by atoms with Crippen LogP contribution in [0.4, 0.5) is 0 Å². The summed E-state index contributed by atoms with van der Waals surface area (Å²) in [6.07, 6.45) is 17.6. The highest BCUT2D eigenvalue weighted by atomic mass is 16.5. The average molecular weight is 451 g/mol. The Bertz CT molecular complexity index is 782. The van der Waals surface area contributed by atoms with Crippen molar-refractivity contribution in [2.45, 2.75) is 78.4 Å². The summed E-state index contributed by atoms with van der Waals surface area (Å²) >= 11 is 0. The maximum absolute atomic E-state index is 6.68. The molecule has 0 N–H and O–H groups in total. The summed E-state index contributed by atoms with van der Waals surface area (Å²) in [4.78, 5) is 0. The zero-order valence-electron chi connectivity index (χ0n) is 21.0. The van der Waals surface area contributed by atoms with E-state index in [1.54, 1.807) is 12.5 Å². The van der Waals surface area contributed by atoms with E-state index in [0.29, 0.717) is 11.8 Å². The molecule has 0 saturated carbocycles. The van der Waals surface area contributed by atoms with Crippen LogP contribution in [0.2, 0.25) is 0 Å². The second-order valence-electron chi connectivity index (χ2n) is 9.23. The van der Waals surface area contributed by atoms with E-state index in [9.17, 15) is 0 Å². The molecule has 2 rings (SSSR count). The molecule has 0 fully saturated rings. The average Bonchev–Trinajstić information content (AvgIpc) is 3.52. The summed E-state index contributed by atoms with van der Waals surface area (Å²) in [5, 5.41) is 0. The van der Waals surface area contributed by atoms with Gasteiger partial charge in [0.15, 0.2) is 0 Å². The van der Waals surface area contributed by atoms with Gasteiger partial charge in [-0.15, -0.1) is 13.2 Å². The predicted octanol–water partition coefficient (Wildman–Crippen LogP) is 9.55. The van der Waals surface area contributed by atoms with E-state index in [-0.39, 0.29) is 12.2 Å². The van der Waals surface area contributed by atoms with Crippen LogP contribution in [0.1, 0.15) is 89.9 Å². The van der Waals surface area contributed by atoms with Gasteiger partial charge in [0.1, 0.15) is 23.7 Å². The molecule has 3 nitrogen and oxygen atoms in total. The van der Waals surface area contributed by atoms with Gasteiger partial charge in [-0.2, -0.15) is 0 Å². The van der Waals surface area contributed by atoms with E-state index < -0.39 is 0 Å². The first-order chi connectivity index (χ1) is 15.9. The molecular weight excluding hydrogens is 408 g/mol. The summed E-state index contributed by atoms with van der Waals surface area (Å²) in [6.45, 7) is 16.5. The van der Waals surface area contributed by atoms with E-state index in [0.717, 1.165) is 50.0 Å². The van der Waals surface area contributed by atoms with Crippen molar-refractivity contribution in [2.24, 2.45) is 11.8 Å². The lowest BCUT2D eigenvalue weighted by molar-refractivity contribution is -0.0354. The number of hydrogen-bond donors (Lipinski definition) is 0.